The molecule has 0 aliphatic carbocycles. The number of carboxylic acids is 1. The molecule has 1 aliphatic heterocycles. The van der Waals surface area contributed by atoms with Crippen molar-refractivity contribution in [3.63, 3.8) is 0 Å². The van der Waals surface area contributed by atoms with Gasteiger partial charge in [-0.05, 0) is 45.2 Å². The number of anilines is 1. The van der Waals surface area contributed by atoms with E-state index in [4.69, 9.17) is 32.9 Å². The zero-order valence-corrected chi connectivity index (χ0v) is 21.7. The van der Waals surface area contributed by atoms with Gasteiger partial charge in [0.2, 0.25) is 0 Å². The van der Waals surface area contributed by atoms with E-state index in [-0.39, 0.29) is 19.2 Å². The molecule has 1 N–H and O–H groups in total. The summed E-state index contributed by atoms with van der Waals surface area (Å²) in [5.74, 6) is -0.677. The van der Waals surface area contributed by atoms with Gasteiger partial charge < -0.3 is 14.7 Å². The monoisotopic (exact) mass is 513 g/mol. The summed E-state index contributed by atoms with van der Waals surface area (Å²) in [4.78, 5) is 34.0. The van der Waals surface area contributed by atoms with Gasteiger partial charge in [0.1, 0.15) is 0 Å². The van der Waals surface area contributed by atoms with Crippen LogP contribution in [0.5, 0.6) is 0 Å². The minimum atomic E-state index is -1.45. The second kappa shape index (κ2) is 10.1. The second-order valence-electron chi connectivity index (χ2n) is 9.08. The molecule has 1 saturated heterocycles. The van der Waals surface area contributed by atoms with Crippen LogP contribution < -0.4 is 4.90 Å². The number of carboxylic acid groups (broad SMARTS) is 1. The Bertz CT molecular complexity index is 1040. The Hall–Kier alpha value is -2.03. The third kappa shape index (κ3) is 5.55. The molecule has 1 aliphatic rings. The van der Waals surface area contributed by atoms with Crippen molar-refractivity contribution in [1.82, 2.24) is 9.88 Å². The SMILES string of the molecule is CC(C)Cc1sc(N2CCN(C(=O)OC(C)C)C(C)(C(=O)O)C2)nc1-c1ccc(Cl)c(Cl)c1. The molecule has 1 fully saturated rings. The van der Waals surface area contributed by atoms with Crippen molar-refractivity contribution < 1.29 is 19.4 Å². The maximum Gasteiger partial charge on any atom is 0.411 e. The average Bonchev–Trinajstić information content (AvgIpc) is 3.12. The van der Waals surface area contributed by atoms with Crippen molar-refractivity contribution in [2.75, 3.05) is 24.5 Å². The van der Waals surface area contributed by atoms with Gasteiger partial charge in [0.15, 0.2) is 10.7 Å². The van der Waals surface area contributed by atoms with E-state index in [1.807, 2.05) is 11.0 Å². The van der Waals surface area contributed by atoms with E-state index in [0.29, 0.717) is 22.5 Å². The Morgan fingerprint density at radius 1 is 1.21 bits per heavy atom. The first-order valence-corrected chi connectivity index (χ1v) is 12.4. The molecule has 180 valence electrons. The van der Waals surface area contributed by atoms with Crippen LogP contribution in [0.15, 0.2) is 18.2 Å². The summed E-state index contributed by atoms with van der Waals surface area (Å²) in [6, 6.07) is 5.43. The van der Waals surface area contributed by atoms with Crippen LogP contribution in [-0.2, 0) is 16.0 Å². The van der Waals surface area contributed by atoms with Crippen LogP contribution in [0.1, 0.15) is 39.5 Å². The minimum absolute atomic E-state index is 0.102. The number of aliphatic carboxylic acids is 1. The largest absolute Gasteiger partial charge is 0.479 e. The number of thiazole rings is 1. The Balaban J connectivity index is 1.96. The lowest BCUT2D eigenvalue weighted by Crippen LogP contribution is -2.66. The number of ether oxygens (including phenoxy) is 1. The van der Waals surface area contributed by atoms with Gasteiger partial charge in [0.05, 0.1) is 28.4 Å². The molecule has 7 nitrogen and oxygen atoms in total. The van der Waals surface area contributed by atoms with Gasteiger partial charge in [-0.3, -0.25) is 4.90 Å². The quantitative estimate of drug-likeness (QED) is 0.523. The van der Waals surface area contributed by atoms with Crippen LogP contribution in [0, 0.1) is 5.92 Å². The number of benzene rings is 1. The third-order valence-corrected chi connectivity index (χ3v) is 7.33. The molecule has 3 rings (SSSR count). The first kappa shape index (κ1) is 25.6. The van der Waals surface area contributed by atoms with E-state index < -0.39 is 17.6 Å². The van der Waals surface area contributed by atoms with E-state index in [9.17, 15) is 14.7 Å². The molecular formula is C23H29Cl2N3O4S. The summed E-state index contributed by atoms with van der Waals surface area (Å²) in [5, 5.41) is 11.7. The highest BCUT2D eigenvalue weighted by atomic mass is 35.5. The number of carbonyl (C=O) groups is 2. The molecule has 0 saturated carbocycles. The Labute approximate surface area is 208 Å². The Morgan fingerprint density at radius 3 is 2.48 bits per heavy atom. The average molecular weight is 514 g/mol. The van der Waals surface area contributed by atoms with Crippen LogP contribution in [0.25, 0.3) is 11.3 Å². The Morgan fingerprint density at radius 2 is 1.91 bits per heavy atom. The highest BCUT2D eigenvalue weighted by molar-refractivity contribution is 7.16. The van der Waals surface area contributed by atoms with Gasteiger partial charge in [0, 0.05) is 23.5 Å². The second-order valence-corrected chi connectivity index (χ2v) is 11.0. The molecule has 10 heteroatoms. The van der Waals surface area contributed by atoms with Gasteiger partial charge in [-0.1, -0.05) is 43.1 Å². The minimum Gasteiger partial charge on any atom is -0.479 e. The number of hydrogen-bond donors (Lipinski definition) is 1. The lowest BCUT2D eigenvalue weighted by atomic mass is 9.97. The normalized spacial score (nSPS) is 18.8. The van der Waals surface area contributed by atoms with E-state index in [2.05, 4.69) is 13.8 Å². The van der Waals surface area contributed by atoms with Crippen LogP contribution >= 0.6 is 34.5 Å². The lowest BCUT2D eigenvalue weighted by molar-refractivity contribution is -0.150. The number of nitrogens with zero attached hydrogens (tertiary/aromatic N) is 3. The molecule has 0 radical (unpaired) electrons. The number of carbonyl (C=O) groups excluding carboxylic acids is 1. The van der Waals surface area contributed by atoms with Crippen LogP contribution in [-0.4, -0.2) is 58.3 Å². The van der Waals surface area contributed by atoms with Gasteiger partial charge >= 0.3 is 12.1 Å². The van der Waals surface area contributed by atoms with Crippen molar-refractivity contribution >= 4 is 51.7 Å². The molecular weight excluding hydrogens is 485 g/mol. The summed E-state index contributed by atoms with van der Waals surface area (Å²) in [6.07, 6.45) is -0.130. The smallest absolute Gasteiger partial charge is 0.411 e. The van der Waals surface area contributed by atoms with Crippen LogP contribution in [0.2, 0.25) is 10.0 Å². The predicted molar refractivity (Wildman–Crippen MR) is 133 cm³/mol. The summed E-state index contributed by atoms with van der Waals surface area (Å²) in [6.45, 7) is 10.1. The van der Waals surface area contributed by atoms with Crippen LogP contribution in [0.4, 0.5) is 9.93 Å². The van der Waals surface area contributed by atoms with Gasteiger partial charge in [-0.2, -0.15) is 0 Å². The molecule has 1 aromatic heterocycles. The first-order chi connectivity index (χ1) is 15.4. The fraction of sp³-hybridized carbons (Fsp3) is 0.522. The summed E-state index contributed by atoms with van der Waals surface area (Å²) in [5.41, 5.74) is 0.237. The van der Waals surface area contributed by atoms with Gasteiger partial charge in [0.25, 0.3) is 0 Å². The van der Waals surface area contributed by atoms with E-state index in [0.717, 1.165) is 27.7 Å². The predicted octanol–water partition coefficient (Wildman–Crippen LogP) is 5.83. The number of hydrogen-bond acceptors (Lipinski definition) is 6. The summed E-state index contributed by atoms with van der Waals surface area (Å²) < 4.78 is 5.29. The van der Waals surface area contributed by atoms with Crippen molar-refractivity contribution in [2.24, 2.45) is 5.92 Å². The maximum atomic E-state index is 12.6. The van der Waals surface area contributed by atoms with Crippen molar-refractivity contribution in [3.05, 3.63) is 33.1 Å². The molecule has 2 heterocycles. The fourth-order valence-corrected chi connectivity index (χ4v) is 5.38. The lowest BCUT2D eigenvalue weighted by Gasteiger charge is -2.45. The van der Waals surface area contributed by atoms with Gasteiger partial charge in [-0.25, -0.2) is 14.6 Å². The molecule has 1 unspecified atom stereocenters. The first-order valence-electron chi connectivity index (χ1n) is 10.8. The topological polar surface area (TPSA) is 83.0 Å². The van der Waals surface area contributed by atoms with Crippen molar-refractivity contribution in [3.8, 4) is 11.3 Å². The molecule has 0 spiro atoms. The van der Waals surface area contributed by atoms with Crippen molar-refractivity contribution in [1.29, 1.82) is 0 Å². The highest BCUT2D eigenvalue weighted by Crippen LogP contribution is 2.38. The molecule has 2 aromatic rings. The highest BCUT2D eigenvalue weighted by Gasteiger charge is 2.48. The van der Waals surface area contributed by atoms with E-state index in [1.54, 1.807) is 44.2 Å². The Kier molecular flexibility index (Phi) is 7.81. The third-order valence-electron chi connectivity index (χ3n) is 5.45. The molecule has 1 amide bonds. The molecule has 1 aromatic carbocycles. The number of rotatable bonds is 6. The van der Waals surface area contributed by atoms with Gasteiger partial charge in [-0.15, -0.1) is 11.3 Å². The zero-order chi connectivity index (χ0) is 24.5. The number of halogens is 2. The van der Waals surface area contributed by atoms with E-state index >= 15 is 0 Å². The molecule has 33 heavy (non-hydrogen) atoms. The standard InChI is InChI=1S/C23H29Cl2N3O4S/c1-13(2)10-18-19(15-6-7-16(24)17(25)11-15)26-21(33-18)27-8-9-28(22(31)32-14(3)4)23(5,12-27)20(29)30/h6-7,11,13-14H,8-10,12H2,1-5H3,(H,29,30). The molecule has 0 bridgehead atoms. The van der Waals surface area contributed by atoms with Crippen LogP contribution in [0.3, 0.4) is 0 Å². The zero-order valence-electron chi connectivity index (χ0n) is 19.4. The van der Waals surface area contributed by atoms with Crippen molar-refractivity contribution in [2.45, 2.75) is 52.7 Å². The summed E-state index contributed by atoms with van der Waals surface area (Å²) in [7, 11) is 0. The summed E-state index contributed by atoms with van der Waals surface area (Å²) >= 11 is 13.9. The van der Waals surface area contributed by atoms with E-state index in [1.165, 1.54) is 4.90 Å². The number of piperazine rings is 1. The number of aromatic nitrogens is 1. The number of amides is 1. The fourth-order valence-electron chi connectivity index (χ4n) is 3.76. The molecule has 1 atom stereocenters. The maximum absolute atomic E-state index is 12.6.